The highest BCUT2D eigenvalue weighted by atomic mass is 16.5. The van der Waals surface area contributed by atoms with E-state index in [1.807, 2.05) is 13.0 Å². The van der Waals surface area contributed by atoms with Gasteiger partial charge in [0.05, 0.1) is 19.4 Å². The molecule has 2 atom stereocenters. The van der Waals surface area contributed by atoms with E-state index in [1.54, 1.807) is 7.11 Å². The molecular weight excluding hydrogens is 378 g/mol. The van der Waals surface area contributed by atoms with E-state index in [0.717, 1.165) is 49.5 Å². The zero-order chi connectivity index (χ0) is 20.9. The second-order valence-corrected chi connectivity index (χ2v) is 8.38. The molecule has 162 valence electrons. The Morgan fingerprint density at radius 2 is 1.97 bits per heavy atom. The van der Waals surface area contributed by atoms with Crippen LogP contribution in [-0.2, 0) is 4.74 Å². The summed E-state index contributed by atoms with van der Waals surface area (Å²) in [6.07, 6.45) is 7.21. The molecule has 2 unspecified atom stereocenters. The fraction of sp³-hybridized carbons (Fsp3) is 0.625. The quantitative estimate of drug-likeness (QED) is 0.540. The Bertz CT molecular complexity index is 824. The van der Waals surface area contributed by atoms with Crippen molar-refractivity contribution in [3.63, 3.8) is 0 Å². The number of nitrogens with zero attached hydrogens (tertiary/aromatic N) is 2. The van der Waals surface area contributed by atoms with E-state index >= 15 is 0 Å². The summed E-state index contributed by atoms with van der Waals surface area (Å²) in [5.41, 5.74) is 3.06. The van der Waals surface area contributed by atoms with E-state index in [1.165, 1.54) is 31.2 Å². The topological polar surface area (TPSA) is 66.8 Å². The van der Waals surface area contributed by atoms with Crippen molar-refractivity contribution in [1.29, 1.82) is 5.26 Å². The molecule has 1 N–H and O–H groups in total. The van der Waals surface area contributed by atoms with E-state index in [9.17, 15) is 5.26 Å². The predicted octanol–water partition coefficient (Wildman–Crippen LogP) is 4.03. The number of nitriles is 1. The molecule has 3 aliphatic rings. The molecule has 0 bridgehead atoms. The third-order valence-electron chi connectivity index (χ3n) is 6.58. The fourth-order valence-corrected chi connectivity index (χ4v) is 5.10. The number of allylic oxidation sites excluding steroid dienone is 1. The van der Waals surface area contributed by atoms with Crippen LogP contribution in [0.15, 0.2) is 17.9 Å². The van der Waals surface area contributed by atoms with Crippen LogP contribution in [0.2, 0.25) is 0 Å². The number of nitrogens with one attached hydrogen (secondary N) is 1. The molecule has 4 rings (SSSR count). The van der Waals surface area contributed by atoms with Gasteiger partial charge in [0.15, 0.2) is 11.5 Å². The standard InChI is InChI=1S/C24H33N3O3/c1-3-29-22-14-18-17-8-4-5-9-20(17)26-24(19(18)15-21(22)28-2)23(16-25)30-13-12-27-10-6-7-11-27/h14-15,17,20,26H,3-13H2,1-2H3/b24-23-. The average molecular weight is 412 g/mol. The Morgan fingerprint density at radius 3 is 2.70 bits per heavy atom. The molecule has 2 heterocycles. The van der Waals surface area contributed by atoms with E-state index in [0.29, 0.717) is 36.7 Å². The Kier molecular flexibility index (Phi) is 6.69. The summed E-state index contributed by atoms with van der Waals surface area (Å²) >= 11 is 0. The minimum atomic E-state index is 0.328. The number of likely N-dealkylation sites (tertiary alicyclic amines) is 1. The Labute approximate surface area is 179 Å². The van der Waals surface area contributed by atoms with Gasteiger partial charge in [0.2, 0.25) is 5.76 Å². The second kappa shape index (κ2) is 9.61. The lowest BCUT2D eigenvalue weighted by atomic mass is 9.75. The molecule has 0 radical (unpaired) electrons. The van der Waals surface area contributed by atoms with Gasteiger partial charge in [-0.25, -0.2) is 0 Å². The van der Waals surface area contributed by atoms with E-state index in [2.05, 4.69) is 22.4 Å². The summed E-state index contributed by atoms with van der Waals surface area (Å²) in [5, 5.41) is 13.6. The van der Waals surface area contributed by atoms with Gasteiger partial charge in [-0.3, -0.25) is 4.90 Å². The zero-order valence-corrected chi connectivity index (χ0v) is 18.2. The molecule has 1 aliphatic carbocycles. The van der Waals surface area contributed by atoms with Crippen molar-refractivity contribution in [1.82, 2.24) is 10.2 Å². The minimum Gasteiger partial charge on any atom is -0.493 e. The van der Waals surface area contributed by atoms with Crippen LogP contribution in [0.3, 0.4) is 0 Å². The van der Waals surface area contributed by atoms with Crippen molar-refractivity contribution >= 4 is 5.70 Å². The summed E-state index contributed by atoms with van der Waals surface area (Å²) in [7, 11) is 1.66. The largest absolute Gasteiger partial charge is 0.493 e. The van der Waals surface area contributed by atoms with Crippen molar-refractivity contribution in [2.45, 2.75) is 57.4 Å². The molecule has 1 aromatic carbocycles. The van der Waals surface area contributed by atoms with Crippen molar-refractivity contribution < 1.29 is 14.2 Å². The summed E-state index contributed by atoms with van der Waals surface area (Å²) in [6.45, 7) is 6.23. The minimum absolute atomic E-state index is 0.328. The third-order valence-corrected chi connectivity index (χ3v) is 6.58. The molecular formula is C24H33N3O3. The first-order valence-corrected chi connectivity index (χ1v) is 11.4. The van der Waals surface area contributed by atoms with Crippen LogP contribution in [0.4, 0.5) is 0 Å². The molecule has 2 aliphatic heterocycles. The molecule has 30 heavy (non-hydrogen) atoms. The summed E-state index contributed by atoms with van der Waals surface area (Å²) in [5.74, 6) is 2.27. The lowest BCUT2D eigenvalue weighted by molar-refractivity contribution is 0.181. The number of fused-ring (bicyclic) bond motifs is 3. The number of rotatable bonds is 7. The number of hydrogen-bond acceptors (Lipinski definition) is 6. The first-order valence-electron chi connectivity index (χ1n) is 11.4. The molecule has 6 nitrogen and oxygen atoms in total. The highest BCUT2D eigenvalue weighted by Gasteiger charge is 2.36. The smallest absolute Gasteiger partial charge is 0.221 e. The van der Waals surface area contributed by atoms with Gasteiger partial charge < -0.3 is 19.5 Å². The van der Waals surface area contributed by atoms with Gasteiger partial charge >= 0.3 is 0 Å². The maximum atomic E-state index is 9.91. The lowest BCUT2D eigenvalue weighted by Crippen LogP contribution is -2.41. The molecule has 2 fully saturated rings. The van der Waals surface area contributed by atoms with Gasteiger partial charge in [-0.05, 0) is 63.4 Å². The van der Waals surface area contributed by atoms with E-state index in [-0.39, 0.29) is 0 Å². The van der Waals surface area contributed by atoms with Gasteiger partial charge in [0.1, 0.15) is 12.7 Å². The number of benzene rings is 1. The van der Waals surface area contributed by atoms with Crippen LogP contribution in [0, 0.1) is 11.3 Å². The van der Waals surface area contributed by atoms with Crippen LogP contribution in [0.1, 0.15) is 62.5 Å². The maximum absolute atomic E-state index is 9.91. The van der Waals surface area contributed by atoms with Gasteiger partial charge in [-0.15, -0.1) is 0 Å². The van der Waals surface area contributed by atoms with Gasteiger partial charge in [0, 0.05) is 24.1 Å². The van der Waals surface area contributed by atoms with Crippen LogP contribution in [0.25, 0.3) is 5.70 Å². The van der Waals surface area contributed by atoms with Crippen molar-refractivity contribution in [3.8, 4) is 17.6 Å². The Balaban J connectivity index is 1.68. The monoisotopic (exact) mass is 411 g/mol. The van der Waals surface area contributed by atoms with Crippen LogP contribution < -0.4 is 14.8 Å². The van der Waals surface area contributed by atoms with Crippen LogP contribution >= 0.6 is 0 Å². The zero-order valence-electron chi connectivity index (χ0n) is 18.2. The second-order valence-electron chi connectivity index (χ2n) is 8.38. The molecule has 0 spiro atoms. The Hall–Kier alpha value is -2.39. The van der Waals surface area contributed by atoms with Gasteiger partial charge in [0.25, 0.3) is 0 Å². The molecule has 6 heteroatoms. The van der Waals surface area contributed by atoms with Crippen LogP contribution in [-0.4, -0.2) is 50.9 Å². The average Bonchev–Trinajstić information content (AvgIpc) is 3.30. The van der Waals surface area contributed by atoms with Gasteiger partial charge in [-0.1, -0.05) is 12.8 Å². The molecule has 1 saturated heterocycles. The van der Waals surface area contributed by atoms with Crippen molar-refractivity contribution in [2.24, 2.45) is 0 Å². The molecule has 1 aromatic rings. The number of methoxy groups -OCH3 is 1. The highest BCUT2D eigenvalue weighted by molar-refractivity contribution is 5.76. The summed E-state index contributed by atoms with van der Waals surface area (Å²) in [4.78, 5) is 2.40. The van der Waals surface area contributed by atoms with Crippen molar-refractivity contribution in [2.75, 3.05) is 40.0 Å². The van der Waals surface area contributed by atoms with E-state index in [4.69, 9.17) is 14.2 Å². The third kappa shape index (κ3) is 4.22. The summed E-state index contributed by atoms with van der Waals surface area (Å²) < 4.78 is 17.5. The summed E-state index contributed by atoms with van der Waals surface area (Å²) in [6, 6.07) is 6.78. The van der Waals surface area contributed by atoms with Crippen LogP contribution in [0.5, 0.6) is 11.5 Å². The normalized spacial score (nSPS) is 24.8. The lowest BCUT2D eigenvalue weighted by Gasteiger charge is -2.40. The maximum Gasteiger partial charge on any atom is 0.221 e. The molecule has 1 saturated carbocycles. The predicted molar refractivity (Wildman–Crippen MR) is 116 cm³/mol. The fourth-order valence-electron chi connectivity index (χ4n) is 5.10. The first kappa shape index (κ1) is 20.9. The SMILES string of the molecule is CCOc1cc2c(cc1OC)/C(=C(\C#N)OCCN1CCCC1)NC1CCCCC21. The molecule has 0 amide bonds. The van der Waals surface area contributed by atoms with Gasteiger partial charge in [-0.2, -0.15) is 5.26 Å². The highest BCUT2D eigenvalue weighted by Crippen LogP contribution is 2.45. The Morgan fingerprint density at radius 1 is 1.17 bits per heavy atom. The molecule has 0 aromatic heterocycles. The number of ether oxygens (including phenoxy) is 3. The first-order chi connectivity index (χ1) is 14.7. The number of hydrogen-bond donors (Lipinski definition) is 1. The van der Waals surface area contributed by atoms with Crippen molar-refractivity contribution in [3.05, 3.63) is 29.0 Å². The van der Waals surface area contributed by atoms with E-state index < -0.39 is 0 Å².